The molecule has 1 saturated heterocycles. The first-order chi connectivity index (χ1) is 10.0. The molecule has 0 amide bonds. The molecule has 1 aromatic rings. The number of ketones is 1. The molecule has 0 aliphatic carbocycles. The fourth-order valence-corrected chi connectivity index (χ4v) is 3.44. The van der Waals surface area contributed by atoms with Gasteiger partial charge in [0.2, 0.25) is 0 Å². The molecule has 2 rings (SSSR count). The second kappa shape index (κ2) is 6.74. The minimum absolute atomic E-state index is 0.00236. The first kappa shape index (κ1) is 16.2. The molecule has 2 heteroatoms. The van der Waals surface area contributed by atoms with Gasteiger partial charge in [0.15, 0.2) is 5.78 Å². The van der Waals surface area contributed by atoms with E-state index in [0.29, 0.717) is 5.41 Å². The fraction of sp³-hybridized carbons (Fsp3) is 0.632. The van der Waals surface area contributed by atoms with Gasteiger partial charge in [0.25, 0.3) is 0 Å². The van der Waals surface area contributed by atoms with E-state index in [1.54, 1.807) is 0 Å². The number of nitrogens with zero attached hydrogens (tertiary/aromatic N) is 1. The van der Waals surface area contributed by atoms with E-state index >= 15 is 0 Å². The van der Waals surface area contributed by atoms with Gasteiger partial charge in [0.05, 0.1) is 6.04 Å². The zero-order chi connectivity index (χ0) is 15.5. The van der Waals surface area contributed by atoms with Gasteiger partial charge in [-0.05, 0) is 50.1 Å². The quantitative estimate of drug-likeness (QED) is 0.726. The maximum Gasteiger partial charge on any atom is 0.179 e. The maximum atomic E-state index is 12.7. The maximum absolute atomic E-state index is 12.7. The predicted molar refractivity (Wildman–Crippen MR) is 88.8 cm³/mol. The zero-order valence-electron chi connectivity index (χ0n) is 14.0. The molecule has 1 fully saturated rings. The van der Waals surface area contributed by atoms with Crippen LogP contribution in [0.15, 0.2) is 24.3 Å². The van der Waals surface area contributed by atoms with E-state index in [2.05, 4.69) is 44.7 Å². The Morgan fingerprint density at radius 2 is 1.81 bits per heavy atom. The Balaban J connectivity index is 2.06. The highest BCUT2D eigenvalue weighted by Gasteiger charge is 2.38. The Labute approximate surface area is 129 Å². The van der Waals surface area contributed by atoms with Crippen LogP contribution in [0, 0.1) is 5.41 Å². The summed E-state index contributed by atoms with van der Waals surface area (Å²) in [4.78, 5) is 15.1. The van der Waals surface area contributed by atoms with Gasteiger partial charge in [-0.3, -0.25) is 9.69 Å². The molecule has 1 aromatic carbocycles. The summed E-state index contributed by atoms with van der Waals surface area (Å²) in [5, 5.41) is 0. The van der Waals surface area contributed by atoms with E-state index in [1.807, 2.05) is 12.1 Å². The van der Waals surface area contributed by atoms with Crippen molar-refractivity contribution in [2.75, 3.05) is 13.1 Å². The lowest BCUT2D eigenvalue weighted by Crippen LogP contribution is -2.39. The molecular formula is C19H29NO. The van der Waals surface area contributed by atoms with E-state index in [1.165, 1.54) is 24.8 Å². The number of Topliss-reactive ketones (excluding diaryl/α,β-unsaturated/α-hetero) is 1. The van der Waals surface area contributed by atoms with Crippen molar-refractivity contribution in [3.05, 3.63) is 35.4 Å². The summed E-state index contributed by atoms with van der Waals surface area (Å²) in [6.07, 6.45) is 4.68. The van der Waals surface area contributed by atoms with Crippen LogP contribution >= 0.6 is 0 Å². The molecule has 1 atom stereocenters. The number of hydrogen-bond acceptors (Lipinski definition) is 2. The summed E-state index contributed by atoms with van der Waals surface area (Å²) in [5.74, 6) is 0.264. The number of likely N-dealkylation sites (tertiary alicyclic amines) is 1. The Bertz CT molecular complexity index is 473. The number of hydrogen-bond donors (Lipinski definition) is 0. The second-order valence-electron chi connectivity index (χ2n) is 6.52. The highest BCUT2D eigenvalue weighted by Crippen LogP contribution is 2.38. The highest BCUT2D eigenvalue weighted by atomic mass is 16.1. The summed E-state index contributed by atoms with van der Waals surface area (Å²) >= 11 is 0. The van der Waals surface area contributed by atoms with Crippen molar-refractivity contribution in [2.45, 2.75) is 59.4 Å². The second-order valence-corrected chi connectivity index (χ2v) is 6.52. The first-order valence-corrected chi connectivity index (χ1v) is 8.42. The number of carbonyl (C=O) groups is 1. The largest absolute Gasteiger partial charge is 0.293 e. The van der Waals surface area contributed by atoms with Crippen molar-refractivity contribution in [1.82, 2.24) is 4.90 Å². The van der Waals surface area contributed by atoms with Gasteiger partial charge in [0, 0.05) is 12.1 Å². The van der Waals surface area contributed by atoms with Gasteiger partial charge in [-0.15, -0.1) is 0 Å². The SMILES string of the molecule is CCc1ccc(C(=O)C(C)N2CCC(CC)(CC)C2)cc1. The lowest BCUT2D eigenvalue weighted by atomic mass is 9.82. The molecule has 0 N–H and O–H groups in total. The van der Waals surface area contributed by atoms with Gasteiger partial charge in [-0.25, -0.2) is 0 Å². The van der Waals surface area contributed by atoms with Gasteiger partial charge < -0.3 is 0 Å². The zero-order valence-corrected chi connectivity index (χ0v) is 14.0. The highest BCUT2D eigenvalue weighted by molar-refractivity contribution is 5.99. The van der Waals surface area contributed by atoms with Crippen LogP contribution in [-0.2, 0) is 6.42 Å². The van der Waals surface area contributed by atoms with Crippen LogP contribution in [0.5, 0.6) is 0 Å². The summed E-state index contributed by atoms with van der Waals surface area (Å²) < 4.78 is 0. The summed E-state index contributed by atoms with van der Waals surface area (Å²) in [6.45, 7) is 10.9. The molecule has 0 aromatic heterocycles. The number of benzene rings is 1. The van der Waals surface area contributed by atoms with Crippen LogP contribution in [-0.4, -0.2) is 29.8 Å². The van der Waals surface area contributed by atoms with Crippen molar-refractivity contribution >= 4 is 5.78 Å². The Morgan fingerprint density at radius 3 is 2.29 bits per heavy atom. The van der Waals surface area contributed by atoms with E-state index in [9.17, 15) is 4.79 Å². The molecule has 0 bridgehead atoms. The van der Waals surface area contributed by atoms with Crippen molar-refractivity contribution in [2.24, 2.45) is 5.41 Å². The van der Waals surface area contributed by atoms with Gasteiger partial charge in [-0.2, -0.15) is 0 Å². The van der Waals surface area contributed by atoms with Gasteiger partial charge >= 0.3 is 0 Å². The van der Waals surface area contributed by atoms with Crippen LogP contribution in [0.2, 0.25) is 0 Å². The molecule has 21 heavy (non-hydrogen) atoms. The van der Waals surface area contributed by atoms with Crippen LogP contribution in [0.3, 0.4) is 0 Å². The Kier molecular flexibility index (Phi) is 5.21. The predicted octanol–water partition coefficient (Wildman–Crippen LogP) is 4.33. The molecule has 1 unspecified atom stereocenters. The normalized spacial score (nSPS) is 19.6. The fourth-order valence-electron chi connectivity index (χ4n) is 3.44. The lowest BCUT2D eigenvalue weighted by molar-refractivity contribution is 0.0850. The van der Waals surface area contributed by atoms with Crippen LogP contribution in [0.1, 0.15) is 62.9 Å². The molecule has 1 aliphatic rings. The number of rotatable bonds is 6. The summed E-state index contributed by atoms with van der Waals surface area (Å²) in [5.41, 5.74) is 2.57. The lowest BCUT2D eigenvalue weighted by Gasteiger charge is -2.29. The number of aryl methyl sites for hydroxylation is 1. The van der Waals surface area contributed by atoms with Gasteiger partial charge in [0.1, 0.15) is 0 Å². The molecule has 2 nitrogen and oxygen atoms in total. The van der Waals surface area contributed by atoms with Crippen LogP contribution in [0.4, 0.5) is 0 Å². The molecule has 1 aliphatic heterocycles. The Morgan fingerprint density at radius 1 is 1.19 bits per heavy atom. The molecule has 0 spiro atoms. The van der Waals surface area contributed by atoms with E-state index in [0.717, 1.165) is 25.1 Å². The third-order valence-electron chi connectivity index (χ3n) is 5.54. The van der Waals surface area contributed by atoms with E-state index in [4.69, 9.17) is 0 Å². The minimum Gasteiger partial charge on any atom is -0.293 e. The topological polar surface area (TPSA) is 20.3 Å². The van der Waals surface area contributed by atoms with E-state index in [-0.39, 0.29) is 11.8 Å². The monoisotopic (exact) mass is 287 g/mol. The molecule has 0 radical (unpaired) electrons. The minimum atomic E-state index is -0.00236. The van der Waals surface area contributed by atoms with Crippen molar-refractivity contribution in [3.63, 3.8) is 0 Å². The molecule has 0 saturated carbocycles. The summed E-state index contributed by atoms with van der Waals surface area (Å²) in [6, 6.07) is 8.12. The summed E-state index contributed by atoms with van der Waals surface area (Å²) in [7, 11) is 0. The van der Waals surface area contributed by atoms with Crippen molar-refractivity contribution in [1.29, 1.82) is 0 Å². The van der Waals surface area contributed by atoms with Crippen molar-refractivity contribution in [3.8, 4) is 0 Å². The third kappa shape index (κ3) is 3.37. The van der Waals surface area contributed by atoms with Crippen LogP contribution in [0.25, 0.3) is 0 Å². The van der Waals surface area contributed by atoms with Gasteiger partial charge in [-0.1, -0.05) is 45.0 Å². The smallest absolute Gasteiger partial charge is 0.179 e. The average molecular weight is 287 g/mol. The molecular weight excluding hydrogens is 258 g/mol. The molecule has 116 valence electrons. The average Bonchev–Trinajstić information content (AvgIpc) is 2.98. The van der Waals surface area contributed by atoms with Crippen molar-refractivity contribution < 1.29 is 4.79 Å². The van der Waals surface area contributed by atoms with E-state index < -0.39 is 0 Å². The Hall–Kier alpha value is -1.15. The van der Waals surface area contributed by atoms with Crippen LogP contribution < -0.4 is 0 Å². The number of carbonyl (C=O) groups excluding carboxylic acids is 1. The third-order valence-corrected chi connectivity index (χ3v) is 5.54. The molecule has 1 heterocycles. The standard InChI is InChI=1S/C19H29NO/c1-5-16-8-10-17(11-9-16)18(21)15(4)20-13-12-19(6-2,7-3)14-20/h8-11,15H,5-7,12-14H2,1-4H3. The first-order valence-electron chi connectivity index (χ1n) is 8.42.